The first-order valence-electron chi connectivity index (χ1n) is 6.68. The second-order valence-electron chi connectivity index (χ2n) is 4.98. The van der Waals surface area contributed by atoms with Crippen LogP contribution in [-0.4, -0.2) is 26.3 Å². The van der Waals surface area contributed by atoms with Gasteiger partial charge in [-0.3, -0.25) is 0 Å². The Morgan fingerprint density at radius 2 is 1.89 bits per heavy atom. The molecule has 1 rings (SSSR count). The molecule has 1 unspecified atom stereocenters. The van der Waals surface area contributed by atoms with Crippen LogP contribution in [0, 0.1) is 0 Å². The van der Waals surface area contributed by atoms with Gasteiger partial charge in [-0.1, -0.05) is 17.7 Å². The average molecular weight is 263 g/mol. The van der Waals surface area contributed by atoms with E-state index in [4.69, 9.17) is 9.47 Å². The van der Waals surface area contributed by atoms with Crippen molar-refractivity contribution in [3.05, 3.63) is 29.3 Å². The van der Waals surface area contributed by atoms with E-state index in [9.17, 15) is 0 Å². The van der Waals surface area contributed by atoms with Gasteiger partial charge < -0.3 is 14.8 Å². The Labute approximate surface area is 116 Å². The predicted molar refractivity (Wildman–Crippen MR) is 80.9 cm³/mol. The molecule has 0 aliphatic rings. The molecule has 3 heteroatoms. The standard InChI is InChI=1S/C16H25NO2/c1-11(2)19-15-8-7-14(10-16(15)18-6)9-12(3)13(4)17-5/h7-11,13,17H,1-6H3/b12-9+. The molecule has 0 aliphatic carbocycles. The van der Waals surface area contributed by atoms with E-state index in [0.29, 0.717) is 6.04 Å². The van der Waals surface area contributed by atoms with Crippen LogP contribution in [0.3, 0.4) is 0 Å². The van der Waals surface area contributed by atoms with E-state index in [2.05, 4.69) is 25.2 Å². The minimum atomic E-state index is 0.140. The summed E-state index contributed by atoms with van der Waals surface area (Å²) in [6.07, 6.45) is 2.30. The van der Waals surface area contributed by atoms with Crippen LogP contribution in [0.15, 0.2) is 23.8 Å². The van der Waals surface area contributed by atoms with Crippen molar-refractivity contribution >= 4 is 6.08 Å². The van der Waals surface area contributed by atoms with E-state index in [1.54, 1.807) is 7.11 Å². The van der Waals surface area contributed by atoms with E-state index in [-0.39, 0.29) is 6.10 Å². The molecular formula is C16H25NO2. The molecule has 1 N–H and O–H groups in total. The zero-order chi connectivity index (χ0) is 14.4. The highest BCUT2D eigenvalue weighted by Crippen LogP contribution is 2.29. The molecule has 19 heavy (non-hydrogen) atoms. The summed E-state index contributed by atoms with van der Waals surface area (Å²) >= 11 is 0. The van der Waals surface area contributed by atoms with Crippen LogP contribution in [0.2, 0.25) is 0 Å². The summed E-state index contributed by atoms with van der Waals surface area (Å²) < 4.78 is 11.1. The van der Waals surface area contributed by atoms with Crippen molar-refractivity contribution in [2.45, 2.75) is 39.8 Å². The van der Waals surface area contributed by atoms with E-state index in [0.717, 1.165) is 17.1 Å². The van der Waals surface area contributed by atoms with E-state index in [1.807, 2.05) is 39.1 Å². The fraction of sp³-hybridized carbons (Fsp3) is 0.500. The van der Waals surface area contributed by atoms with Crippen molar-refractivity contribution in [1.82, 2.24) is 5.32 Å². The Morgan fingerprint density at radius 1 is 1.21 bits per heavy atom. The van der Waals surface area contributed by atoms with Crippen molar-refractivity contribution in [2.75, 3.05) is 14.2 Å². The maximum atomic E-state index is 5.71. The van der Waals surface area contributed by atoms with Gasteiger partial charge in [0, 0.05) is 6.04 Å². The number of nitrogens with one attached hydrogen (secondary N) is 1. The molecule has 0 bridgehead atoms. The summed E-state index contributed by atoms with van der Waals surface area (Å²) in [5, 5.41) is 3.23. The third kappa shape index (κ3) is 4.60. The van der Waals surface area contributed by atoms with Gasteiger partial charge in [-0.25, -0.2) is 0 Å². The molecule has 0 radical (unpaired) electrons. The Bertz CT molecular complexity index is 438. The van der Waals surface area contributed by atoms with Crippen molar-refractivity contribution in [1.29, 1.82) is 0 Å². The number of methoxy groups -OCH3 is 1. The first kappa shape index (κ1) is 15.6. The lowest BCUT2D eigenvalue weighted by atomic mass is 10.1. The van der Waals surface area contributed by atoms with Gasteiger partial charge in [0.1, 0.15) is 0 Å². The molecule has 1 aromatic carbocycles. The van der Waals surface area contributed by atoms with Crippen molar-refractivity contribution in [2.24, 2.45) is 0 Å². The lowest BCUT2D eigenvalue weighted by Crippen LogP contribution is -2.21. The summed E-state index contributed by atoms with van der Waals surface area (Å²) in [6.45, 7) is 8.27. The fourth-order valence-electron chi connectivity index (χ4n) is 1.74. The third-order valence-corrected chi connectivity index (χ3v) is 3.06. The smallest absolute Gasteiger partial charge is 0.161 e. The molecular weight excluding hydrogens is 238 g/mol. The second-order valence-corrected chi connectivity index (χ2v) is 4.98. The lowest BCUT2D eigenvalue weighted by molar-refractivity contribution is 0.230. The molecule has 0 amide bonds. The Morgan fingerprint density at radius 3 is 2.42 bits per heavy atom. The number of benzene rings is 1. The minimum absolute atomic E-state index is 0.140. The normalized spacial score (nSPS) is 13.5. The monoisotopic (exact) mass is 263 g/mol. The summed E-state index contributed by atoms with van der Waals surface area (Å²) in [6, 6.07) is 6.37. The van der Waals surface area contributed by atoms with Crippen molar-refractivity contribution in [3.8, 4) is 11.5 Å². The number of hydrogen-bond acceptors (Lipinski definition) is 3. The Hall–Kier alpha value is -1.48. The van der Waals surface area contributed by atoms with Crippen LogP contribution < -0.4 is 14.8 Å². The highest BCUT2D eigenvalue weighted by atomic mass is 16.5. The number of rotatable bonds is 6. The Kier molecular flexibility index (Phi) is 5.90. The second kappa shape index (κ2) is 7.19. The highest BCUT2D eigenvalue weighted by molar-refractivity contribution is 5.58. The lowest BCUT2D eigenvalue weighted by Gasteiger charge is -2.15. The molecule has 0 aromatic heterocycles. The van der Waals surface area contributed by atoms with Gasteiger partial charge in [0.2, 0.25) is 0 Å². The summed E-state index contributed by atoms with van der Waals surface area (Å²) in [4.78, 5) is 0. The number of likely N-dealkylation sites (N-methyl/N-ethyl adjacent to an activating group) is 1. The van der Waals surface area contributed by atoms with Gasteiger partial charge in [0.05, 0.1) is 13.2 Å². The summed E-state index contributed by atoms with van der Waals surface area (Å²) in [5.41, 5.74) is 2.40. The molecule has 106 valence electrons. The highest BCUT2D eigenvalue weighted by Gasteiger charge is 2.07. The van der Waals surface area contributed by atoms with E-state index < -0.39 is 0 Å². The van der Waals surface area contributed by atoms with Gasteiger partial charge in [-0.15, -0.1) is 0 Å². The molecule has 0 fully saturated rings. The Balaban J connectivity index is 3.00. The maximum Gasteiger partial charge on any atom is 0.161 e. The van der Waals surface area contributed by atoms with E-state index in [1.165, 1.54) is 5.57 Å². The van der Waals surface area contributed by atoms with Crippen LogP contribution in [0.4, 0.5) is 0 Å². The SMILES string of the molecule is CNC(C)/C(C)=C/c1ccc(OC(C)C)c(OC)c1. The average Bonchev–Trinajstić information content (AvgIpc) is 2.38. The van der Waals surface area contributed by atoms with Gasteiger partial charge in [-0.2, -0.15) is 0 Å². The minimum Gasteiger partial charge on any atom is -0.493 e. The molecule has 1 atom stereocenters. The first-order valence-corrected chi connectivity index (χ1v) is 6.68. The molecule has 3 nitrogen and oxygen atoms in total. The maximum absolute atomic E-state index is 5.71. The van der Waals surface area contributed by atoms with Crippen molar-refractivity contribution < 1.29 is 9.47 Å². The van der Waals surface area contributed by atoms with Crippen LogP contribution >= 0.6 is 0 Å². The topological polar surface area (TPSA) is 30.5 Å². The van der Waals surface area contributed by atoms with Crippen LogP contribution in [0.5, 0.6) is 11.5 Å². The largest absolute Gasteiger partial charge is 0.493 e. The molecule has 0 spiro atoms. The zero-order valence-electron chi connectivity index (χ0n) is 12.8. The van der Waals surface area contributed by atoms with Crippen molar-refractivity contribution in [3.63, 3.8) is 0 Å². The predicted octanol–water partition coefficient (Wildman–Crippen LogP) is 3.49. The summed E-state index contributed by atoms with van der Waals surface area (Å²) in [5.74, 6) is 1.56. The molecule has 0 heterocycles. The summed E-state index contributed by atoms with van der Waals surface area (Å²) in [7, 11) is 3.63. The quantitative estimate of drug-likeness (QED) is 0.852. The zero-order valence-corrected chi connectivity index (χ0v) is 12.8. The third-order valence-electron chi connectivity index (χ3n) is 3.06. The van der Waals surface area contributed by atoms with Crippen LogP contribution in [-0.2, 0) is 0 Å². The van der Waals surface area contributed by atoms with Gasteiger partial charge in [0.15, 0.2) is 11.5 Å². The molecule has 0 saturated carbocycles. The first-order chi connectivity index (χ1) is 8.97. The molecule has 0 aliphatic heterocycles. The van der Waals surface area contributed by atoms with Crippen LogP contribution in [0.25, 0.3) is 6.08 Å². The molecule has 0 saturated heterocycles. The van der Waals surface area contributed by atoms with E-state index >= 15 is 0 Å². The van der Waals surface area contributed by atoms with Crippen LogP contribution in [0.1, 0.15) is 33.3 Å². The number of hydrogen-bond donors (Lipinski definition) is 1. The van der Waals surface area contributed by atoms with Gasteiger partial charge >= 0.3 is 0 Å². The van der Waals surface area contributed by atoms with Gasteiger partial charge in [0.25, 0.3) is 0 Å². The fourth-order valence-corrected chi connectivity index (χ4v) is 1.74. The molecule has 1 aromatic rings. The number of ether oxygens (including phenoxy) is 2. The van der Waals surface area contributed by atoms with Gasteiger partial charge in [-0.05, 0) is 52.4 Å².